The molecule has 168 valence electrons. The van der Waals surface area contributed by atoms with E-state index in [1.807, 2.05) is 72.8 Å². The van der Waals surface area contributed by atoms with E-state index in [-0.39, 0.29) is 12.6 Å². The summed E-state index contributed by atoms with van der Waals surface area (Å²) in [7, 11) is 3.40. The van der Waals surface area contributed by atoms with Crippen LogP contribution in [0, 0.1) is 0 Å². The molecule has 0 radical (unpaired) electrons. The zero-order chi connectivity index (χ0) is 22.9. The van der Waals surface area contributed by atoms with Crippen LogP contribution >= 0.6 is 11.6 Å². The molecule has 0 amide bonds. The summed E-state index contributed by atoms with van der Waals surface area (Å²) < 4.78 is 17.3. The number of nitrogens with zero attached hydrogens (tertiary/aromatic N) is 1. The molecule has 3 aromatic rings. The summed E-state index contributed by atoms with van der Waals surface area (Å²) in [6.45, 7) is 0.545. The van der Waals surface area contributed by atoms with Crippen molar-refractivity contribution in [3.05, 3.63) is 83.4 Å². The van der Waals surface area contributed by atoms with Crippen LogP contribution in [0.2, 0.25) is 5.02 Å². The normalized spacial score (nSPS) is 11.8. The van der Waals surface area contributed by atoms with Gasteiger partial charge >= 0.3 is 5.97 Å². The molecule has 0 aromatic heterocycles. The fourth-order valence-corrected chi connectivity index (χ4v) is 3.28. The van der Waals surface area contributed by atoms with Crippen LogP contribution in [0.3, 0.4) is 0 Å². The van der Waals surface area contributed by atoms with Crippen molar-refractivity contribution in [2.75, 3.05) is 27.2 Å². The van der Waals surface area contributed by atoms with Crippen LogP contribution in [0.15, 0.2) is 72.8 Å². The highest BCUT2D eigenvalue weighted by Gasteiger charge is 2.16. The van der Waals surface area contributed by atoms with Gasteiger partial charge < -0.3 is 19.3 Å². The minimum Gasteiger partial charge on any atom is -0.497 e. The molecule has 1 N–H and O–H groups in total. The Hall–Kier alpha value is -3.22. The lowest BCUT2D eigenvalue weighted by atomic mass is 10.1. The van der Waals surface area contributed by atoms with Crippen LogP contribution < -0.4 is 14.2 Å². The van der Waals surface area contributed by atoms with Crippen LogP contribution in [0.1, 0.15) is 18.1 Å². The average molecular weight is 456 g/mol. The molecule has 0 fully saturated rings. The van der Waals surface area contributed by atoms with Gasteiger partial charge in [0, 0.05) is 18.0 Å². The second-order valence-corrected chi connectivity index (χ2v) is 7.76. The Balaban J connectivity index is 1.67. The van der Waals surface area contributed by atoms with Crippen LogP contribution in [-0.2, 0) is 4.79 Å². The van der Waals surface area contributed by atoms with Crippen molar-refractivity contribution in [2.24, 2.45) is 0 Å². The predicted molar refractivity (Wildman–Crippen MR) is 124 cm³/mol. The maximum Gasteiger partial charge on any atom is 0.317 e. The average Bonchev–Trinajstić information content (AvgIpc) is 2.78. The number of ether oxygens (including phenoxy) is 3. The van der Waals surface area contributed by atoms with Gasteiger partial charge in [0.05, 0.1) is 13.7 Å². The molecule has 6 nitrogen and oxygen atoms in total. The fourth-order valence-electron chi connectivity index (χ4n) is 3.15. The van der Waals surface area contributed by atoms with Crippen molar-refractivity contribution < 1.29 is 24.1 Å². The Bertz CT molecular complexity index is 990. The van der Waals surface area contributed by atoms with Crippen LogP contribution in [0.4, 0.5) is 0 Å². The van der Waals surface area contributed by atoms with Crippen LogP contribution in [0.25, 0.3) is 0 Å². The standard InChI is InChI=1S/C25H26ClNO5/c1-27(17-25(28)29)16-15-24(18-3-5-19(26)6-4-18)32-23-13-11-22(12-14-23)31-21-9-7-20(30-2)8-10-21/h3-14,24H,15-17H2,1-2H3,(H,28,29). The lowest BCUT2D eigenvalue weighted by Gasteiger charge is -2.23. The molecule has 0 saturated carbocycles. The number of methoxy groups -OCH3 is 1. The first-order valence-electron chi connectivity index (χ1n) is 10.2. The quantitative estimate of drug-likeness (QED) is 0.402. The molecule has 0 bridgehead atoms. The lowest BCUT2D eigenvalue weighted by molar-refractivity contribution is -0.138. The molecule has 3 rings (SSSR count). The van der Waals surface area contributed by atoms with Crippen molar-refractivity contribution in [1.82, 2.24) is 4.90 Å². The number of hydrogen-bond donors (Lipinski definition) is 1. The molecule has 0 aliphatic rings. The number of rotatable bonds is 11. The molecule has 0 saturated heterocycles. The summed E-state index contributed by atoms with van der Waals surface area (Å²) in [4.78, 5) is 12.7. The van der Waals surface area contributed by atoms with Crippen molar-refractivity contribution in [1.29, 1.82) is 0 Å². The van der Waals surface area contributed by atoms with Crippen LogP contribution in [-0.4, -0.2) is 43.2 Å². The Morgan fingerprint density at radius 3 is 1.97 bits per heavy atom. The van der Waals surface area contributed by atoms with Crippen molar-refractivity contribution in [3.63, 3.8) is 0 Å². The van der Waals surface area contributed by atoms with E-state index in [4.69, 9.17) is 30.9 Å². The van der Waals surface area contributed by atoms with Gasteiger partial charge in [-0.1, -0.05) is 23.7 Å². The first-order valence-corrected chi connectivity index (χ1v) is 10.5. The number of carboxylic acid groups (broad SMARTS) is 1. The zero-order valence-corrected chi connectivity index (χ0v) is 18.8. The van der Waals surface area contributed by atoms with Crippen LogP contribution in [0.5, 0.6) is 23.0 Å². The van der Waals surface area contributed by atoms with Gasteiger partial charge in [0.25, 0.3) is 0 Å². The van der Waals surface area contributed by atoms with Gasteiger partial charge in [-0.2, -0.15) is 0 Å². The third-order valence-electron chi connectivity index (χ3n) is 4.82. The highest BCUT2D eigenvalue weighted by atomic mass is 35.5. The maximum atomic E-state index is 10.9. The maximum absolute atomic E-state index is 10.9. The Morgan fingerprint density at radius 1 is 0.906 bits per heavy atom. The smallest absolute Gasteiger partial charge is 0.317 e. The Morgan fingerprint density at radius 2 is 1.44 bits per heavy atom. The predicted octanol–water partition coefficient (Wildman–Crippen LogP) is 5.67. The third-order valence-corrected chi connectivity index (χ3v) is 5.07. The van der Waals surface area contributed by atoms with E-state index in [1.54, 1.807) is 19.1 Å². The summed E-state index contributed by atoms with van der Waals surface area (Å²) in [5.41, 5.74) is 0.969. The SMILES string of the molecule is COc1ccc(Oc2ccc(OC(CCN(C)CC(=O)O)c3ccc(Cl)cc3)cc2)cc1. The summed E-state index contributed by atoms with van der Waals surface area (Å²) in [5, 5.41) is 9.63. The zero-order valence-electron chi connectivity index (χ0n) is 18.0. The summed E-state index contributed by atoms with van der Waals surface area (Å²) in [5.74, 6) is 1.99. The minimum absolute atomic E-state index is 0.0231. The number of carbonyl (C=O) groups is 1. The summed E-state index contributed by atoms with van der Waals surface area (Å²) in [6.07, 6.45) is 0.368. The summed E-state index contributed by atoms with van der Waals surface area (Å²) in [6, 6.07) is 22.2. The van der Waals surface area contributed by atoms with Crippen molar-refractivity contribution in [2.45, 2.75) is 12.5 Å². The molecule has 1 atom stereocenters. The number of hydrogen-bond acceptors (Lipinski definition) is 5. The van der Waals surface area contributed by atoms with E-state index >= 15 is 0 Å². The van der Waals surface area contributed by atoms with Gasteiger partial charge in [0.2, 0.25) is 0 Å². The van der Waals surface area contributed by atoms with Gasteiger partial charge in [-0.05, 0) is 73.3 Å². The third kappa shape index (κ3) is 7.18. The molecular formula is C25H26ClNO5. The number of halogens is 1. The second kappa shape index (κ2) is 11.4. The van der Waals surface area contributed by atoms with E-state index in [9.17, 15) is 4.79 Å². The molecule has 7 heteroatoms. The molecule has 32 heavy (non-hydrogen) atoms. The Labute approximate surface area is 192 Å². The molecule has 1 unspecified atom stereocenters. The molecule has 0 heterocycles. The Kier molecular flexibility index (Phi) is 8.36. The fraction of sp³-hybridized carbons (Fsp3) is 0.240. The number of likely N-dealkylation sites (N-methyl/N-ethyl adjacent to an activating group) is 1. The van der Waals surface area contributed by atoms with E-state index < -0.39 is 5.97 Å². The number of aliphatic carboxylic acids is 1. The van der Waals surface area contributed by atoms with E-state index in [0.717, 1.165) is 11.3 Å². The van der Waals surface area contributed by atoms with Gasteiger partial charge in [0.1, 0.15) is 29.1 Å². The first-order chi connectivity index (χ1) is 15.4. The van der Waals surface area contributed by atoms with E-state index in [0.29, 0.717) is 35.2 Å². The van der Waals surface area contributed by atoms with Gasteiger partial charge in [-0.15, -0.1) is 0 Å². The molecule has 3 aromatic carbocycles. The van der Waals surface area contributed by atoms with Crippen molar-refractivity contribution >= 4 is 17.6 Å². The van der Waals surface area contributed by atoms with Gasteiger partial charge in [0.15, 0.2) is 0 Å². The lowest BCUT2D eigenvalue weighted by Crippen LogP contribution is -2.28. The highest BCUT2D eigenvalue weighted by molar-refractivity contribution is 6.30. The number of carboxylic acids is 1. The topological polar surface area (TPSA) is 68.2 Å². The minimum atomic E-state index is -0.857. The largest absolute Gasteiger partial charge is 0.497 e. The van der Waals surface area contributed by atoms with Gasteiger partial charge in [-0.25, -0.2) is 0 Å². The molecule has 0 aliphatic carbocycles. The first kappa shape index (κ1) is 23.4. The second-order valence-electron chi connectivity index (χ2n) is 7.33. The van der Waals surface area contributed by atoms with Gasteiger partial charge in [-0.3, -0.25) is 9.69 Å². The van der Waals surface area contributed by atoms with E-state index in [1.165, 1.54) is 0 Å². The summed E-state index contributed by atoms with van der Waals surface area (Å²) >= 11 is 6.03. The van der Waals surface area contributed by atoms with Crippen molar-refractivity contribution in [3.8, 4) is 23.0 Å². The molecule has 0 spiro atoms. The molecule has 0 aliphatic heterocycles. The highest BCUT2D eigenvalue weighted by Crippen LogP contribution is 2.29. The monoisotopic (exact) mass is 455 g/mol. The number of benzene rings is 3. The van der Waals surface area contributed by atoms with E-state index in [2.05, 4.69) is 0 Å². The molecular weight excluding hydrogens is 430 g/mol.